The van der Waals surface area contributed by atoms with Crippen molar-refractivity contribution in [1.82, 2.24) is 0 Å². The second kappa shape index (κ2) is 8.47. The van der Waals surface area contributed by atoms with Crippen LogP contribution in [-0.2, 0) is 6.42 Å². The van der Waals surface area contributed by atoms with E-state index < -0.39 is 11.6 Å². The van der Waals surface area contributed by atoms with Crippen LogP contribution in [0.2, 0.25) is 0 Å². The van der Waals surface area contributed by atoms with Crippen molar-refractivity contribution in [2.24, 2.45) is 5.92 Å². The van der Waals surface area contributed by atoms with Crippen molar-refractivity contribution in [3.05, 3.63) is 77.1 Å². The Morgan fingerprint density at radius 1 is 1.15 bits per heavy atom. The number of halogens is 3. The predicted molar refractivity (Wildman–Crippen MR) is 103 cm³/mol. The molecule has 142 valence electrons. The number of rotatable bonds is 6. The predicted octanol–water partition coefficient (Wildman–Crippen LogP) is 6.57. The molecular formula is C23H23F3O. The first-order valence-corrected chi connectivity index (χ1v) is 9.15. The zero-order chi connectivity index (χ0) is 19.4. The first-order chi connectivity index (χ1) is 13.0. The molecule has 0 heterocycles. The Morgan fingerprint density at radius 2 is 1.96 bits per heavy atom. The van der Waals surface area contributed by atoms with E-state index in [1.165, 1.54) is 19.3 Å². The minimum atomic E-state index is -0.830. The molecule has 1 aliphatic rings. The number of ether oxygens (including phenoxy) is 1. The summed E-state index contributed by atoms with van der Waals surface area (Å²) >= 11 is 0. The van der Waals surface area contributed by atoms with Crippen LogP contribution in [0.3, 0.4) is 0 Å². The Labute approximate surface area is 158 Å². The van der Waals surface area contributed by atoms with Gasteiger partial charge >= 0.3 is 0 Å². The molecule has 2 aromatic rings. The summed E-state index contributed by atoms with van der Waals surface area (Å²) in [5.74, 6) is -0.999. The highest BCUT2D eigenvalue weighted by Gasteiger charge is 2.19. The summed E-state index contributed by atoms with van der Waals surface area (Å²) in [4.78, 5) is 0. The van der Waals surface area contributed by atoms with Gasteiger partial charge in [-0.15, -0.1) is 0 Å². The van der Waals surface area contributed by atoms with E-state index in [1.807, 2.05) is 0 Å². The van der Waals surface area contributed by atoms with Crippen molar-refractivity contribution < 1.29 is 17.9 Å². The molecule has 27 heavy (non-hydrogen) atoms. The maximum Gasteiger partial charge on any atom is 0.166 e. The van der Waals surface area contributed by atoms with Crippen molar-refractivity contribution in [3.63, 3.8) is 0 Å². The van der Waals surface area contributed by atoms with Crippen molar-refractivity contribution in [2.75, 3.05) is 7.11 Å². The molecule has 0 radical (unpaired) electrons. The van der Waals surface area contributed by atoms with Gasteiger partial charge in [0.1, 0.15) is 11.6 Å². The van der Waals surface area contributed by atoms with Crippen LogP contribution in [0, 0.1) is 23.4 Å². The molecule has 1 nitrogen and oxygen atoms in total. The summed E-state index contributed by atoms with van der Waals surface area (Å²) < 4.78 is 47.2. The molecule has 4 heteroatoms. The minimum absolute atomic E-state index is 0.183. The lowest BCUT2D eigenvalue weighted by Crippen LogP contribution is -2.08. The van der Waals surface area contributed by atoms with E-state index in [1.54, 1.807) is 24.3 Å². The van der Waals surface area contributed by atoms with E-state index in [-0.39, 0.29) is 11.4 Å². The summed E-state index contributed by atoms with van der Waals surface area (Å²) in [6.07, 6.45) is 7.15. The second-order valence-electron chi connectivity index (χ2n) is 6.90. The zero-order valence-electron chi connectivity index (χ0n) is 15.4. The van der Waals surface area contributed by atoms with Gasteiger partial charge in [-0.3, -0.25) is 0 Å². The Bertz CT molecular complexity index is 870. The third kappa shape index (κ3) is 4.26. The van der Waals surface area contributed by atoms with Crippen LogP contribution in [0.4, 0.5) is 13.2 Å². The van der Waals surface area contributed by atoms with Crippen LogP contribution in [0.5, 0.6) is 5.75 Å². The molecule has 2 aromatic carbocycles. The Balaban J connectivity index is 1.63. The third-order valence-corrected chi connectivity index (χ3v) is 5.28. The molecule has 3 rings (SSSR count). The second-order valence-corrected chi connectivity index (χ2v) is 6.90. The smallest absolute Gasteiger partial charge is 0.166 e. The van der Waals surface area contributed by atoms with Crippen molar-refractivity contribution >= 4 is 11.6 Å². The molecule has 0 saturated heterocycles. The largest absolute Gasteiger partial charge is 0.497 e. The molecule has 0 bridgehead atoms. The van der Waals surface area contributed by atoms with E-state index >= 15 is 0 Å². The van der Waals surface area contributed by atoms with Crippen LogP contribution in [0.15, 0.2) is 43.0 Å². The van der Waals surface area contributed by atoms with Gasteiger partial charge in [-0.2, -0.15) is 0 Å². The lowest BCUT2D eigenvalue weighted by molar-refractivity contribution is 0.411. The molecule has 0 amide bonds. The number of aryl methyl sites for hydroxylation is 1. The maximum absolute atomic E-state index is 14.2. The van der Waals surface area contributed by atoms with Crippen LogP contribution < -0.4 is 4.74 Å². The first kappa shape index (κ1) is 19.3. The number of hydrogen-bond acceptors (Lipinski definition) is 1. The average molecular weight is 372 g/mol. The summed E-state index contributed by atoms with van der Waals surface area (Å²) in [5.41, 5.74) is 2.19. The molecule has 0 N–H and O–H groups in total. The van der Waals surface area contributed by atoms with Gasteiger partial charge in [-0.1, -0.05) is 30.9 Å². The average Bonchev–Trinajstić information content (AvgIpc) is 2.69. The van der Waals surface area contributed by atoms with Crippen LogP contribution in [0.1, 0.15) is 42.4 Å². The fraction of sp³-hybridized carbons (Fsp3) is 0.304. The van der Waals surface area contributed by atoms with E-state index in [0.717, 1.165) is 31.3 Å². The molecule has 0 saturated carbocycles. The van der Waals surface area contributed by atoms with Gasteiger partial charge in [0.2, 0.25) is 0 Å². The molecule has 0 fully saturated rings. The molecule has 0 aliphatic heterocycles. The number of methoxy groups -OCH3 is 1. The SMILES string of the molecule is C=Cc1ccc(CCC2CC=C(c3ccc(OC)cc3F)CC2)c(F)c1F. The number of benzene rings is 2. The fourth-order valence-electron chi connectivity index (χ4n) is 3.59. The van der Waals surface area contributed by atoms with E-state index in [2.05, 4.69) is 12.7 Å². The zero-order valence-corrected chi connectivity index (χ0v) is 15.4. The van der Waals surface area contributed by atoms with Gasteiger partial charge < -0.3 is 4.74 Å². The van der Waals surface area contributed by atoms with Gasteiger partial charge in [0.15, 0.2) is 11.6 Å². The molecule has 1 atom stereocenters. The molecule has 0 aromatic heterocycles. The highest BCUT2D eigenvalue weighted by Crippen LogP contribution is 2.34. The summed E-state index contributed by atoms with van der Waals surface area (Å²) in [7, 11) is 1.51. The highest BCUT2D eigenvalue weighted by atomic mass is 19.2. The highest BCUT2D eigenvalue weighted by molar-refractivity contribution is 5.67. The van der Waals surface area contributed by atoms with E-state index in [9.17, 15) is 13.2 Å². The first-order valence-electron chi connectivity index (χ1n) is 9.15. The topological polar surface area (TPSA) is 9.23 Å². The Morgan fingerprint density at radius 3 is 2.59 bits per heavy atom. The maximum atomic E-state index is 14.2. The van der Waals surface area contributed by atoms with Gasteiger partial charge in [-0.25, -0.2) is 13.2 Å². The normalized spacial score (nSPS) is 16.7. The molecule has 1 unspecified atom stereocenters. The minimum Gasteiger partial charge on any atom is -0.497 e. The summed E-state index contributed by atoms with van der Waals surface area (Å²) in [6, 6.07) is 8.10. The lowest BCUT2D eigenvalue weighted by Gasteiger charge is -2.22. The monoisotopic (exact) mass is 372 g/mol. The number of hydrogen-bond donors (Lipinski definition) is 0. The lowest BCUT2D eigenvalue weighted by atomic mass is 9.83. The van der Waals surface area contributed by atoms with E-state index in [0.29, 0.717) is 29.2 Å². The standard InChI is InChI=1S/C23H23F3O/c1-3-16-10-11-18(23(26)22(16)25)9-6-15-4-7-17(8-5-15)20-13-12-19(27-2)14-21(20)24/h3,7,10-15H,1,4-6,8-9H2,2H3. The summed E-state index contributed by atoms with van der Waals surface area (Å²) in [5, 5.41) is 0. The molecular weight excluding hydrogens is 349 g/mol. The van der Waals surface area contributed by atoms with Crippen LogP contribution in [-0.4, -0.2) is 7.11 Å². The van der Waals surface area contributed by atoms with Crippen molar-refractivity contribution in [3.8, 4) is 5.75 Å². The fourth-order valence-corrected chi connectivity index (χ4v) is 3.59. The summed E-state index contributed by atoms with van der Waals surface area (Å²) in [6.45, 7) is 3.48. The van der Waals surface area contributed by atoms with Crippen molar-refractivity contribution in [2.45, 2.75) is 32.1 Å². The number of allylic oxidation sites excluding steroid dienone is 2. The van der Waals surface area contributed by atoms with Gasteiger partial charge in [0, 0.05) is 17.2 Å². The molecule has 1 aliphatic carbocycles. The van der Waals surface area contributed by atoms with E-state index in [4.69, 9.17) is 4.74 Å². The van der Waals surface area contributed by atoms with Gasteiger partial charge in [0.25, 0.3) is 0 Å². The van der Waals surface area contributed by atoms with Crippen LogP contribution >= 0.6 is 0 Å². The Hall–Kier alpha value is -2.49. The van der Waals surface area contributed by atoms with Gasteiger partial charge in [0.05, 0.1) is 7.11 Å². The third-order valence-electron chi connectivity index (χ3n) is 5.28. The van der Waals surface area contributed by atoms with Crippen LogP contribution in [0.25, 0.3) is 11.6 Å². The van der Waals surface area contributed by atoms with Crippen molar-refractivity contribution in [1.29, 1.82) is 0 Å². The Kier molecular flexibility index (Phi) is 6.04. The van der Waals surface area contributed by atoms with Gasteiger partial charge in [-0.05, 0) is 61.3 Å². The molecule has 0 spiro atoms. The quantitative estimate of drug-likeness (QED) is 0.557.